The first-order valence-corrected chi connectivity index (χ1v) is 11.1. The van der Waals surface area contributed by atoms with Crippen molar-refractivity contribution in [2.75, 3.05) is 6.61 Å². The normalized spacial score (nSPS) is 18.7. The predicted molar refractivity (Wildman–Crippen MR) is 109 cm³/mol. The van der Waals surface area contributed by atoms with Gasteiger partial charge in [-0.15, -0.1) is 0 Å². The number of carbonyl (C=O) groups excluding carboxylic acids is 1. The van der Waals surface area contributed by atoms with Gasteiger partial charge in [-0.3, -0.25) is 4.79 Å². The van der Waals surface area contributed by atoms with Crippen molar-refractivity contribution in [3.8, 4) is 0 Å². The van der Waals surface area contributed by atoms with E-state index in [2.05, 4.69) is 6.92 Å². The molecule has 7 nitrogen and oxygen atoms in total. The van der Waals surface area contributed by atoms with E-state index in [0.717, 1.165) is 19.3 Å². The molecule has 0 spiro atoms. The monoisotopic (exact) mass is 414 g/mol. The zero-order chi connectivity index (χ0) is 21.6. The fourth-order valence-corrected chi connectivity index (χ4v) is 3.83. The molecule has 1 rings (SSSR count). The van der Waals surface area contributed by atoms with Crippen molar-refractivity contribution < 1.29 is 34.8 Å². The maximum absolute atomic E-state index is 11.7. The Morgan fingerprint density at radius 1 is 0.966 bits per heavy atom. The van der Waals surface area contributed by atoms with Crippen LogP contribution in [0, 0.1) is 5.92 Å². The van der Waals surface area contributed by atoms with Gasteiger partial charge in [0, 0.05) is 5.57 Å². The summed E-state index contributed by atoms with van der Waals surface area (Å²) in [5, 5.41) is 38.4. The van der Waals surface area contributed by atoms with Crippen LogP contribution >= 0.6 is 0 Å². The molecule has 0 bridgehead atoms. The first-order chi connectivity index (χ1) is 13.9. The topological polar surface area (TPSA) is 124 Å². The maximum atomic E-state index is 11.7. The van der Waals surface area contributed by atoms with Crippen LogP contribution in [-0.2, 0) is 14.3 Å². The van der Waals surface area contributed by atoms with E-state index in [1.54, 1.807) is 0 Å². The Morgan fingerprint density at radius 2 is 1.45 bits per heavy atom. The smallest absolute Gasteiger partial charge is 0.374 e. The fourth-order valence-electron chi connectivity index (χ4n) is 3.83. The average Bonchev–Trinajstić information content (AvgIpc) is 2.99. The Morgan fingerprint density at radius 3 is 1.90 bits per heavy atom. The summed E-state index contributed by atoms with van der Waals surface area (Å²) in [6.07, 6.45) is 11.4. The number of ether oxygens (including phenoxy) is 1. The zero-order valence-corrected chi connectivity index (χ0v) is 17.6. The molecule has 0 fully saturated rings. The molecule has 4 N–H and O–H groups in total. The number of rotatable bonds is 17. The number of carboxylic acid groups (broad SMARTS) is 1. The quantitative estimate of drug-likeness (QED) is 0.210. The second-order valence-corrected chi connectivity index (χ2v) is 7.95. The first-order valence-electron chi connectivity index (χ1n) is 11.1. The van der Waals surface area contributed by atoms with Crippen LogP contribution in [0.25, 0.3) is 0 Å². The Balaban J connectivity index is 2.32. The van der Waals surface area contributed by atoms with E-state index in [0.29, 0.717) is 6.42 Å². The molecule has 29 heavy (non-hydrogen) atoms. The molecule has 0 aromatic heterocycles. The number of aliphatic hydroxyl groups excluding tert-OH is 3. The minimum absolute atomic E-state index is 0.132. The van der Waals surface area contributed by atoms with E-state index in [9.17, 15) is 24.9 Å². The van der Waals surface area contributed by atoms with Crippen molar-refractivity contribution in [3.05, 3.63) is 11.3 Å². The summed E-state index contributed by atoms with van der Waals surface area (Å²) in [4.78, 5) is 23.3. The molecule has 0 amide bonds. The summed E-state index contributed by atoms with van der Waals surface area (Å²) in [7, 11) is 0. The highest BCUT2D eigenvalue weighted by molar-refractivity contribution is 5.92. The third kappa shape index (κ3) is 8.74. The van der Waals surface area contributed by atoms with E-state index >= 15 is 0 Å². The highest BCUT2D eigenvalue weighted by Gasteiger charge is 2.44. The van der Waals surface area contributed by atoms with Crippen molar-refractivity contribution in [3.63, 3.8) is 0 Å². The standard InChI is InChI=1S/C22H38O7/c1-2-3-4-5-6-7-8-9-10-11-12-13-14-16(21(26)27)18-19(25)22(28)29-20(18)17(24)15-23/h16-17,20,23-25H,2-15H2,1H3,(H,26,27)/t16?,17-,20-/m0/s1. The number of unbranched alkanes of at least 4 members (excludes halogenated alkanes) is 11. The Labute approximate surface area is 173 Å². The molecule has 0 radical (unpaired) electrons. The lowest BCUT2D eigenvalue weighted by Gasteiger charge is -2.22. The second kappa shape index (κ2) is 14.4. The summed E-state index contributed by atoms with van der Waals surface area (Å²) in [6.45, 7) is 1.52. The number of hydrogen-bond acceptors (Lipinski definition) is 6. The lowest BCUT2D eigenvalue weighted by Crippen LogP contribution is -2.35. The Bertz CT molecular complexity index is 529. The van der Waals surface area contributed by atoms with E-state index in [4.69, 9.17) is 9.84 Å². The van der Waals surface area contributed by atoms with Crippen molar-refractivity contribution in [2.24, 2.45) is 5.92 Å². The summed E-state index contributed by atoms with van der Waals surface area (Å²) in [6, 6.07) is 0. The molecule has 0 saturated carbocycles. The third-order valence-electron chi connectivity index (χ3n) is 5.56. The van der Waals surface area contributed by atoms with Crippen LogP contribution < -0.4 is 0 Å². The SMILES string of the molecule is CCCCCCCCCCCCCCC(C(=O)O)C1=C(O)C(=O)O[C@H]1[C@@H](O)CO. The van der Waals surface area contributed by atoms with Gasteiger partial charge in [-0.2, -0.15) is 0 Å². The molecule has 0 aromatic rings. The molecule has 1 heterocycles. The molecule has 0 aromatic carbocycles. The average molecular weight is 415 g/mol. The highest BCUT2D eigenvalue weighted by atomic mass is 16.6. The van der Waals surface area contributed by atoms with Gasteiger partial charge < -0.3 is 25.2 Å². The number of cyclic esters (lactones) is 1. The molecule has 0 saturated heterocycles. The number of aliphatic carboxylic acids is 1. The molecule has 1 unspecified atom stereocenters. The molecule has 1 aliphatic heterocycles. The first kappa shape index (κ1) is 25.4. The van der Waals surface area contributed by atoms with Crippen molar-refractivity contribution in [2.45, 2.75) is 103 Å². The maximum Gasteiger partial charge on any atom is 0.374 e. The summed E-state index contributed by atoms with van der Waals surface area (Å²) >= 11 is 0. The van der Waals surface area contributed by atoms with Crippen LogP contribution in [-0.4, -0.2) is 51.2 Å². The molecule has 3 atom stereocenters. The number of hydrogen-bond donors (Lipinski definition) is 4. The zero-order valence-electron chi connectivity index (χ0n) is 17.6. The third-order valence-corrected chi connectivity index (χ3v) is 5.56. The van der Waals surface area contributed by atoms with Gasteiger partial charge in [0.2, 0.25) is 5.76 Å². The van der Waals surface area contributed by atoms with Gasteiger partial charge >= 0.3 is 11.9 Å². The number of esters is 1. The van der Waals surface area contributed by atoms with E-state index in [1.807, 2.05) is 0 Å². The minimum Gasteiger partial charge on any atom is -0.502 e. The van der Waals surface area contributed by atoms with E-state index < -0.39 is 42.4 Å². The van der Waals surface area contributed by atoms with Crippen LogP contribution in [0.5, 0.6) is 0 Å². The summed E-state index contributed by atoms with van der Waals surface area (Å²) in [5.41, 5.74) is -0.132. The van der Waals surface area contributed by atoms with Crippen LogP contribution in [0.3, 0.4) is 0 Å². The fraction of sp³-hybridized carbons (Fsp3) is 0.818. The van der Waals surface area contributed by atoms with Gasteiger partial charge in [-0.25, -0.2) is 4.79 Å². The molecule has 1 aliphatic rings. The largest absolute Gasteiger partial charge is 0.502 e. The van der Waals surface area contributed by atoms with Gasteiger partial charge in [0.1, 0.15) is 6.10 Å². The van der Waals surface area contributed by atoms with Crippen LogP contribution in [0.1, 0.15) is 90.4 Å². The van der Waals surface area contributed by atoms with E-state index in [1.165, 1.54) is 51.4 Å². The van der Waals surface area contributed by atoms with Crippen molar-refractivity contribution in [1.82, 2.24) is 0 Å². The molecular weight excluding hydrogens is 376 g/mol. The number of carbonyl (C=O) groups is 2. The van der Waals surface area contributed by atoms with Gasteiger partial charge in [-0.05, 0) is 6.42 Å². The second-order valence-electron chi connectivity index (χ2n) is 7.95. The van der Waals surface area contributed by atoms with Crippen molar-refractivity contribution in [1.29, 1.82) is 0 Å². The van der Waals surface area contributed by atoms with Crippen molar-refractivity contribution >= 4 is 11.9 Å². The van der Waals surface area contributed by atoms with Crippen LogP contribution in [0.4, 0.5) is 0 Å². The highest BCUT2D eigenvalue weighted by Crippen LogP contribution is 2.33. The van der Waals surface area contributed by atoms with E-state index in [-0.39, 0.29) is 12.0 Å². The minimum atomic E-state index is -1.46. The van der Waals surface area contributed by atoms with Gasteiger partial charge in [0.25, 0.3) is 0 Å². The van der Waals surface area contributed by atoms with Crippen LogP contribution in [0.15, 0.2) is 11.3 Å². The molecule has 168 valence electrons. The lowest BCUT2D eigenvalue weighted by atomic mass is 9.87. The van der Waals surface area contributed by atoms with Crippen LogP contribution in [0.2, 0.25) is 0 Å². The Kier molecular flexibility index (Phi) is 12.6. The number of carboxylic acids is 1. The molecular formula is C22H38O7. The van der Waals surface area contributed by atoms with Gasteiger partial charge in [0.15, 0.2) is 6.10 Å². The van der Waals surface area contributed by atoms with Gasteiger partial charge in [0.05, 0.1) is 12.5 Å². The lowest BCUT2D eigenvalue weighted by molar-refractivity contribution is -0.148. The predicted octanol–water partition coefficient (Wildman–Crippen LogP) is 3.87. The molecule has 7 heteroatoms. The Hall–Kier alpha value is -1.60. The number of aliphatic hydroxyl groups is 3. The summed E-state index contributed by atoms with van der Waals surface area (Å²) in [5.74, 6) is -4.11. The summed E-state index contributed by atoms with van der Waals surface area (Å²) < 4.78 is 4.85. The molecule has 0 aliphatic carbocycles. The van der Waals surface area contributed by atoms with Gasteiger partial charge in [-0.1, -0.05) is 84.0 Å².